The summed E-state index contributed by atoms with van der Waals surface area (Å²) in [6.07, 6.45) is 0. The maximum Gasteiger partial charge on any atom is 0.190 e. The third kappa shape index (κ3) is 4.71. The molecule has 0 saturated carbocycles. The first-order valence-corrected chi connectivity index (χ1v) is 10.6. The number of rotatable bonds is 7. The summed E-state index contributed by atoms with van der Waals surface area (Å²) in [7, 11) is 1.61. The molecule has 0 bridgehead atoms. The number of aromatic nitrogens is 2. The van der Waals surface area contributed by atoms with E-state index < -0.39 is 0 Å². The van der Waals surface area contributed by atoms with Gasteiger partial charge in [0.05, 0.1) is 7.11 Å². The number of thioether (sulfide) groups is 1. The highest BCUT2D eigenvalue weighted by Crippen LogP contribution is 2.27. The van der Waals surface area contributed by atoms with E-state index in [0.29, 0.717) is 22.4 Å². The number of anilines is 1. The zero-order chi connectivity index (χ0) is 21.6. The van der Waals surface area contributed by atoms with Crippen LogP contribution in [0.1, 0.15) is 16.8 Å². The summed E-state index contributed by atoms with van der Waals surface area (Å²) in [5, 5.41) is 12.4. The summed E-state index contributed by atoms with van der Waals surface area (Å²) >= 11 is 1.48. The minimum absolute atomic E-state index is 0.115. The van der Waals surface area contributed by atoms with Crippen molar-refractivity contribution in [2.75, 3.05) is 12.8 Å². The number of benzene rings is 3. The summed E-state index contributed by atoms with van der Waals surface area (Å²) in [4.78, 5) is 8.86. The predicted octanol–water partition coefficient (Wildman–Crippen LogP) is 4.96. The number of ether oxygens (including phenoxy) is 2. The number of nitriles is 1. The summed E-state index contributed by atoms with van der Waals surface area (Å²) in [6, 6.07) is 23.8. The lowest BCUT2D eigenvalue weighted by Crippen LogP contribution is -2.08. The summed E-state index contributed by atoms with van der Waals surface area (Å²) < 4.78 is 11.0. The lowest BCUT2D eigenvalue weighted by atomic mass is 10.1. The molecule has 7 heteroatoms. The molecular formula is C24H20N4O2S. The van der Waals surface area contributed by atoms with Gasteiger partial charge in [-0.05, 0) is 40.6 Å². The van der Waals surface area contributed by atoms with E-state index in [1.165, 1.54) is 28.1 Å². The molecule has 0 aliphatic carbocycles. The maximum absolute atomic E-state index is 9.49. The zero-order valence-corrected chi connectivity index (χ0v) is 17.7. The minimum atomic E-state index is 0.115. The van der Waals surface area contributed by atoms with Gasteiger partial charge < -0.3 is 15.2 Å². The van der Waals surface area contributed by atoms with Gasteiger partial charge in [-0.15, -0.1) is 0 Å². The Morgan fingerprint density at radius 2 is 1.71 bits per heavy atom. The normalized spacial score (nSPS) is 10.6. The quantitative estimate of drug-likeness (QED) is 0.328. The second-order valence-electron chi connectivity index (χ2n) is 6.72. The highest BCUT2D eigenvalue weighted by molar-refractivity contribution is 7.98. The average Bonchev–Trinajstić information content (AvgIpc) is 2.81. The van der Waals surface area contributed by atoms with Crippen LogP contribution in [-0.4, -0.2) is 17.1 Å². The number of hydrogen-bond acceptors (Lipinski definition) is 7. The van der Waals surface area contributed by atoms with E-state index in [1.807, 2.05) is 18.2 Å². The highest BCUT2D eigenvalue weighted by Gasteiger charge is 2.14. The largest absolute Gasteiger partial charge is 0.497 e. The Balaban J connectivity index is 1.53. The van der Waals surface area contributed by atoms with Crippen LogP contribution in [0.15, 0.2) is 71.9 Å². The summed E-state index contributed by atoms with van der Waals surface area (Å²) in [6.45, 7) is 0.115. The van der Waals surface area contributed by atoms with E-state index in [2.05, 4.69) is 40.3 Å². The molecule has 0 saturated heterocycles. The third-order valence-corrected chi connectivity index (χ3v) is 5.67. The fourth-order valence-electron chi connectivity index (χ4n) is 3.18. The van der Waals surface area contributed by atoms with Crippen LogP contribution < -0.4 is 15.2 Å². The number of nitrogens with two attached hydrogens (primary N) is 1. The van der Waals surface area contributed by atoms with Gasteiger partial charge in [-0.2, -0.15) is 5.26 Å². The van der Waals surface area contributed by atoms with Crippen molar-refractivity contribution >= 4 is 28.4 Å². The molecule has 0 atom stereocenters. The molecule has 154 valence electrons. The lowest BCUT2D eigenvalue weighted by Gasteiger charge is -2.11. The third-order valence-electron chi connectivity index (χ3n) is 4.77. The van der Waals surface area contributed by atoms with E-state index in [1.54, 1.807) is 31.4 Å². The summed E-state index contributed by atoms with van der Waals surface area (Å²) in [5.74, 6) is 2.23. The molecule has 1 aromatic heterocycles. The molecule has 0 radical (unpaired) electrons. The number of hydrogen-bond donors (Lipinski definition) is 1. The van der Waals surface area contributed by atoms with Crippen molar-refractivity contribution in [2.45, 2.75) is 17.5 Å². The van der Waals surface area contributed by atoms with Crippen molar-refractivity contribution in [3.05, 3.63) is 83.6 Å². The molecule has 0 fully saturated rings. The van der Waals surface area contributed by atoms with Gasteiger partial charge in [0.25, 0.3) is 0 Å². The van der Waals surface area contributed by atoms with Crippen molar-refractivity contribution in [2.24, 2.45) is 0 Å². The average molecular weight is 429 g/mol. The van der Waals surface area contributed by atoms with Gasteiger partial charge in [-0.1, -0.05) is 54.2 Å². The summed E-state index contributed by atoms with van der Waals surface area (Å²) in [5.41, 5.74) is 7.93. The molecule has 6 nitrogen and oxygen atoms in total. The maximum atomic E-state index is 9.49. The second kappa shape index (κ2) is 9.37. The number of methoxy groups -OCH3 is 1. The lowest BCUT2D eigenvalue weighted by molar-refractivity contribution is 0.299. The zero-order valence-electron chi connectivity index (χ0n) is 16.9. The molecule has 1 heterocycles. The molecule has 0 unspecified atom stereocenters. The van der Waals surface area contributed by atoms with Crippen LogP contribution in [0.4, 0.5) is 5.82 Å². The molecule has 0 amide bonds. The van der Waals surface area contributed by atoms with Crippen LogP contribution in [0.25, 0.3) is 10.8 Å². The Hall–Kier alpha value is -3.76. The monoisotopic (exact) mass is 428 g/mol. The van der Waals surface area contributed by atoms with Gasteiger partial charge in [0.2, 0.25) is 0 Å². The minimum Gasteiger partial charge on any atom is -0.497 e. The molecular weight excluding hydrogens is 408 g/mol. The van der Waals surface area contributed by atoms with Gasteiger partial charge in [0, 0.05) is 5.75 Å². The van der Waals surface area contributed by atoms with Crippen molar-refractivity contribution in [3.8, 4) is 17.6 Å². The topological polar surface area (TPSA) is 94.1 Å². The van der Waals surface area contributed by atoms with Crippen LogP contribution in [0.3, 0.4) is 0 Å². The molecule has 0 spiro atoms. The Kier molecular flexibility index (Phi) is 6.20. The van der Waals surface area contributed by atoms with Crippen LogP contribution in [0.5, 0.6) is 11.5 Å². The first-order valence-electron chi connectivity index (χ1n) is 9.60. The van der Waals surface area contributed by atoms with E-state index in [0.717, 1.165) is 5.75 Å². The van der Waals surface area contributed by atoms with Crippen LogP contribution in [0.2, 0.25) is 0 Å². The van der Waals surface area contributed by atoms with Crippen LogP contribution in [-0.2, 0) is 12.4 Å². The van der Waals surface area contributed by atoms with E-state index >= 15 is 0 Å². The Morgan fingerprint density at radius 3 is 2.48 bits per heavy atom. The number of nitrogen functional groups attached to an aromatic ring is 1. The fourth-order valence-corrected chi connectivity index (χ4v) is 4.05. The van der Waals surface area contributed by atoms with Crippen LogP contribution >= 0.6 is 11.8 Å². The van der Waals surface area contributed by atoms with E-state index in [4.69, 9.17) is 15.2 Å². The first-order chi connectivity index (χ1) is 15.2. The van der Waals surface area contributed by atoms with Crippen molar-refractivity contribution in [3.63, 3.8) is 0 Å². The van der Waals surface area contributed by atoms with E-state index in [-0.39, 0.29) is 18.0 Å². The highest BCUT2D eigenvalue weighted by atomic mass is 32.2. The van der Waals surface area contributed by atoms with Crippen LogP contribution in [0, 0.1) is 11.3 Å². The fraction of sp³-hybridized carbons (Fsp3) is 0.125. The van der Waals surface area contributed by atoms with Gasteiger partial charge in [0.15, 0.2) is 5.16 Å². The molecule has 4 rings (SSSR count). The second-order valence-corrected chi connectivity index (χ2v) is 7.66. The van der Waals surface area contributed by atoms with Gasteiger partial charge in [-0.3, -0.25) is 0 Å². The molecule has 2 N–H and O–H groups in total. The van der Waals surface area contributed by atoms with Crippen molar-refractivity contribution < 1.29 is 9.47 Å². The van der Waals surface area contributed by atoms with Gasteiger partial charge >= 0.3 is 0 Å². The Labute approximate surface area is 184 Å². The Morgan fingerprint density at radius 1 is 0.968 bits per heavy atom. The predicted molar refractivity (Wildman–Crippen MR) is 122 cm³/mol. The molecule has 0 aliphatic rings. The van der Waals surface area contributed by atoms with Gasteiger partial charge in [-0.25, -0.2) is 9.97 Å². The Bertz CT molecular complexity index is 1250. The molecule has 0 aliphatic heterocycles. The van der Waals surface area contributed by atoms with Crippen molar-refractivity contribution in [1.82, 2.24) is 9.97 Å². The van der Waals surface area contributed by atoms with E-state index in [9.17, 15) is 5.26 Å². The molecule has 31 heavy (non-hydrogen) atoms. The molecule has 4 aromatic rings. The number of fused-ring (bicyclic) bond motifs is 1. The number of nitrogens with zero attached hydrogens (tertiary/aromatic N) is 3. The SMILES string of the molecule is COc1ccc(OCc2nc(SCc3cccc4ccccc34)nc(N)c2C#N)cc1. The first kappa shape index (κ1) is 20.5. The smallest absolute Gasteiger partial charge is 0.190 e. The van der Waals surface area contributed by atoms with Crippen molar-refractivity contribution in [1.29, 1.82) is 5.26 Å². The molecule has 3 aromatic carbocycles. The standard InChI is InChI=1S/C24H20N4O2S/c1-29-18-9-11-19(12-10-18)30-14-22-21(13-25)23(26)28-24(27-22)31-15-17-7-4-6-16-5-2-3-8-20(16)17/h2-12H,14-15H2,1H3,(H2,26,27,28). The van der Waals surface area contributed by atoms with Gasteiger partial charge in [0.1, 0.15) is 41.3 Å².